The van der Waals surface area contributed by atoms with Gasteiger partial charge in [-0.1, -0.05) is 54.1 Å². The lowest BCUT2D eigenvalue weighted by atomic mass is 10.1. The molecule has 0 saturated carbocycles. The number of hydrogen-bond donors (Lipinski definition) is 1. The third-order valence-electron chi connectivity index (χ3n) is 6.57. The van der Waals surface area contributed by atoms with Gasteiger partial charge in [0.2, 0.25) is 0 Å². The van der Waals surface area contributed by atoms with Crippen LogP contribution in [-0.4, -0.2) is 21.5 Å². The van der Waals surface area contributed by atoms with Gasteiger partial charge in [0.1, 0.15) is 10.9 Å². The van der Waals surface area contributed by atoms with Crippen molar-refractivity contribution in [3.8, 4) is 0 Å². The van der Waals surface area contributed by atoms with E-state index in [2.05, 4.69) is 14.8 Å². The molecular formula is C32H29N3O5S. The van der Waals surface area contributed by atoms with Crippen molar-refractivity contribution in [2.45, 2.75) is 24.7 Å². The first-order valence-corrected chi connectivity index (χ1v) is 14.5. The molecule has 0 fully saturated rings. The first-order chi connectivity index (χ1) is 19.9. The predicted molar refractivity (Wildman–Crippen MR) is 158 cm³/mol. The number of rotatable bonds is 9. The number of benzene rings is 4. The summed E-state index contributed by atoms with van der Waals surface area (Å²) in [6, 6.07) is 32.0. The van der Waals surface area contributed by atoms with Crippen molar-refractivity contribution in [3.05, 3.63) is 126 Å². The van der Waals surface area contributed by atoms with Gasteiger partial charge in [-0.15, -0.1) is 0 Å². The smallest absolute Gasteiger partial charge is 0.305 e. The fourth-order valence-electron chi connectivity index (χ4n) is 4.43. The number of methoxy groups -OCH3 is 1. The molecule has 0 amide bonds. The maximum absolute atomic E-state index is 13.1. The topological polar surface area (TPSA) is 101 Å². The van der Waals surface area contributed by atoms with Crippen LogP contribution in [0.2, 0.25) is 0 Å². The van der Waals surface area contributed by atoms with E-state index in [9.17, 15) is 13.2 Å². The summed E-state index contributed by atoms with van der Waals surface area (Å²) in [5.41, 5.74) is 4.69. The molecule has 0 aliphatic carbocycles. The molecule has 0 unspecified atom stereocenters. The number of fused-ring (bicyclic) bond motifs is 1. The Labute approximate surface area is 238 Å². The average molecular weight is 568 g/mol. The zero-order chi connectivity index (χ0) is 28.8. The number of carbonyl (C=O) groups is 1. The van der Waals surface area contributed by atoms with Gasteiger partial charge in [-0.25, -0.2) is 0 Å². The minimum absolute atomic E-state index is 0.0740. The average Bonchev–Trinajstić information content (AvgIpc) is 3.00. The van der Waals surface area contributed by atoms with Crippen LogP contribution in [0, 0.1) is 6.92 Å². The summed E-state index contributed by atoms with van der Waals surface area (Å²) in [5, 5.41) is 5.32. The van der Waals surface area contributed by atoms with Crippen LogP contribution >= 0.6 is 0 Å². The summed E-state index contributed by atoms with van der Waals surface area (Å²) in [4.78, 5) is 16.5. The van der Waals surface area contributed by atoms with E-state index in [4.69, 9.17) is 9.15 Å². The Morgan fingerprint density at radius 3 is 2.12 bits per heavy atom. The molecule has 8 nitrogen and oxygen atoms in total. The highest BCUT2D eigenvalue weighted by atomic mass is 32.2. The van der Waals surface area contributed by atoms with Gasteiger partial charge in [0, 0.05) is 34.4 Å². The zero-order valence-electron chi connectivity index (χ0n) is 22.7. The molecule has 4 aromatic carbocycles. The molecule has 208 valence electrons. The molecule has 0 aliphatic heterocycles. The van der Waals surface area contributed by atoms with Crippen LogP contribution in [0.4, 0.5) is 17.1 Å². The monoisotopic (exact) mass is 567 g/mol. The molecule has 1 aromatic heterocycles. The number of para-hydroxylation sites is 2. The number of esters is 1. The Bertz CT molecular complexity index is 1800. The van der Waals surface area contributed by atoms with E-state index in [0.717, 1.165) is 22.6 Å². The molecule has 0 saturated heterocycles. The summed E-state index contributed by atoms with van der Waals surface area (Å²) < 4.78 is 37.0. The van der Waals surface area contributed by atoms with Gasteiger partial charge in [0.15, 0.2) is 0 Å². The molecule has 0 atom stereocenters. The summed E-state index contributed by atoms with van der Waals surface area (Å²) >= 11 is 0. The van der Waals surface area contributed by atoms with Crippen LogP contribution in [0.5, 0.6) is 0 Å². The fourth-order valence-corrected chi connectivity index (χ4v) is 5.24. The highest BCUT2D eigenvalue weighted by molar-refractivity contribution is 7.89. The lowest BCUT2D eigenvalue weighted by Crippen LogP contribution is -2.24. The summed E-state index contributed by atoms with van der Waals surface area (Å²) in [7, 11) is -2.64. The van der Waals surface area contributed by atoms with Gasteiger partial charge in [-0.2, -0.15) is 18.4 Å². The fraction of sp³-hybridized carbons (Fsp3) is 0.125. The zero-order valence-corrected chi connectivity index (χ0v) is 23.5. The summed E-state index contributed by atoms with van der Waals surface area (Å²) in [6.07, 6.45) is 1.81. The summed E-state index contributed by atoms with van der Waals surface area (Å²) in [6.45, 7) is 1.88. The van der Waals surface area contributed by atoms with E-state index in [1.165, 1.54) is 25.5 Å². The van der Waals surface area contributed by atoms with Crippen LogP contribution in [0.25, 0.3) is 11.0 Å². The number of anilines is 3. The molecule has 1 heterocycles. The van der Waals surface area contributed by atoms with Crippen molar-refractivity contribution in [1.82, 2.24) is 4.83 Å². The van der Waals surface area contributed by atoms with E-state index < -0.39 is 16.0 Å². The van der Waals surface area contributed by atoms with Crippen molar-refractivity contribution in [2.24, 2.45) is 5.10 Å². The Morgan fingerprint density at radius 2 is 1.51 bits per heavy atom. The number of hydrogen-bond acceptors (Lipinski definition) is 7. The third-order valence-corrected chi connectivity index (χ3v) is 7.80. The van der Waals surface area contributed by atoms with E-state index >= 15 is 0 Å². The van der Waals surface area contributed by atoms with Crippen molar-refractivity contribution < 1.29 is 22.4 Å². The quantitative estimate of drug-likeness (QED) is 0.170. The lowest BCUT2D eigenvalue weighted by Gasteiger charge is -2.25. The second-order valence-corrected chi connectivity index (χ2v) is 11.1. The Hall–Kier alpha value is -4.89. The molecule has 0 radical (unpaired) electrons. The second-order valence-electron chi connectivity index (χ2n) is 9.39. The Morgan fingerprint density at radius 1 is 0.878 bits per heavy atom. The van der Waals surface area contributed by atoms with Crippen LogP contribution in [0.3, 0.4) is 0 Å². The number of nitrogens with zero attached hydrogens (tertiary/aromatic N) is 2. The number of aryl methyl sites for hydroxylation is 2. The third kappa shape index (κ3) is 6.31. The molecular weight excluding hydrogens is 538 g/mol. The standard InChI is InChI=1S/C32H29N3O5S/c1-23-13-17-28(18-14-23)41(37,38)34-33-32-24(15-20-31(36)39-2)22-40-30-19-16-27(21-29(30)32)35(25-9-5-3-6-10-25)26-11-7-4-8-12-26/h3-14,16-19,21-22,34H,15,20H2,1-2H3/b33-32-. The highest BCUT2D eigenvalue weighted by Gasteiger charge is 2.17. The SMILES string of the molecule is COC(=O)CCc1coc2ccc(N(c3ccccc3)c3ccccc3)cc2/c1=N\NS(=O)(=O)c1ccc(C)cc1. The maximum atomic E-state index is 13.1. The molecule has 5 aromatic rings. The second kappa shape index (κ2) is 12.1. The number of ether oxygens (including phenoxy) is 1. The van der Waals surface area contributed by atoms with E-state index in [0.29, 0.717) is 21.9 Å². The van der Waals surface area contributed by atoms with Gasteiger partial charge >= 0.3 is 5.97 Å². The first-order valence-electron chi connectivity index (χ1n) is 13.0. The molecule has 0 aliphatic rings. The molecule has 0 bridgehead atoms. The lowest BCUT2D eigenvalue weighted by molar-refractivity contribution is -0.140. The predicted octanol–water partition coefficient (Wildman–Crippen LogP) is 6.11. The minimum Gasteiger partial charge on any atom is -0.469 e. The van der Waals surface area contributed by atoms with Crippen molar-refractivity contribution in [3.63, 3.8) is 0 Å². The first kappa shape index (κ1) is 27.7. The van der Waals surface area contributed by atoms with Gasteiger partial charge in [-0.05, 0) is 67.9 Å². The van der Waals surface area contributed by atoms with E-state index in [1.807, 2.05) is 85.8 Å². The Kier molecular flexibility index (Phi) is 8.16. The van der Waals surface area contributed by atoms with E-state index in [1.54, 1.807) is 12.1 Å². The molecule has 0 spiro atoms. The van der Waals surface area contributed by atoms with Crippen LogP contribution in [-0.2, 0) is 26.0 Å². The van der Waals surface area contributed by atoms with Crippen LogP contribution in [0.1, 0.15) is 17.5 Å². The number of sulfonamides is 1. The van der Waals surface area contributed by atoms with Crippen molar-refractivity contribution >= 4 is 44.0 Å². The number of carbonyl (C=O) groups excluding carboxylic acids is 1. The Balaban J connectivity index is 1.67. The molecule has 1 N–H and O–H groups in total. The van der Waals surface area contributed by atoms with Gasteiger partial charge in [-0.3, -0.25) is 4.79 Å². The molecule has 41 heavy (non-hydrogen) atoms. The largest absolute Gasteiger partial charge is 0.469 e. The van der Waals surface area contributed by atoms with Crippen LogP contribution in [0.15, 0.2) is 124 Å². The maximum Gasteiger partial charge on any atom is 0.305 e. The van der Waals surface area contributed by atoms with Crippen molar-refractivity contribution in [2.75, 3.05) is 12.0 Å². The van der Waals surface area contributed by atoms with E-state index in [-0.39, 0.29) is 17.7 Å². The van der Waals surface area contributed by atoms with Gasteiger partial charge < -0.3 is 14.1 Å². The van der Waals surface area contributed by atoms with Gasteiger partial charge in [0.05, 0.1) is 18.3 Å². The molecule has 9 heteroatoms. The van der Waals surface area contributed by atoms with Crippen LogP contribution < -0.4 is 15.1 Å². The molecule has 5 rings (SSSR count). The van der Waals surface area contributed by atoms with Gasteiger partial charge in [0.25, 0.3) is 10.0 Å². The highest BCUT2D eigenvalue weighted by Crippen LogP contribution is 2.35. The minimum atomic E-state index is -3.96. The number of nitrogens with one attached hydrogen (secondary N) is 1. The normalized spacial score (nSPS) is 11.8. The summed E-state index contributed by atoms with van der Waals surface area (Å²) in [5.74, 6) is -0.399. The van der Waals surface area contributed by atoms with Crippen molar-refractivity contribution in [1.29, 1.82) is 0 Å².